The van der Waals surface area contributed by atoms with Crippen LogP contribution in [0.3, 0.4) is 0 Å². The molecule has 0 spiro atoms. The fourth-order valence-electron chi connectivity index (χ4n) is 2.59. The molecule has 0 bridgehead atoms. The molecule has 0 radical (unpaired) electrons. The fraction of sp³-hybridized carbons (Fsp3) is 0.625. The van der Waals surface area contributed by atoms with E-state index in [1.54, 1.807) is 6.92 Å². The molecular weight excluding hydrogens is 312 g/mol. The Morgan fingerprint density at radius 3 is 2.54 bits per heavy atom. The summed E-state index contributed by atoms with van der Waals surface area (Å²) in [5.74, 6) is -0.118. The van der Waals surface area contributed by atoms with Gasteiger partial charge in [0, 0.05) is 20.0 Å². The maximum Gasteiger partial charge on any atom is 0.332 e. The summed E-state index contributed by atoms with van der Waals surface area (Å²) in [5.41, 5.74) is -0.280. The summed E-state index contributed by atoms with van der Waals surface area (Å²) < 4.78 is 9.38. The predicted molar refractivity (Wildman–Crippen MR) is 89.8 cm³/mol. The first-order chi connectivity index (χ1) is 11.3. The van der Waals surface area contributed by atoms with Crippen LogP contribution in [0.4, 0.5) is 0 Å². The van der Waals surface area contributed by atoms with Crippen LogP contribution in [0.25, 0.3) is 11.2 Å². The molecule has 0 aliphatic heterocycles. The van der Waals surface area contributed by atoms with Crippen LogP contribution in [0.1, 0.15) is 46.8 Å². The van der Waals surface area contributed by atoms with Gasteiger partial charge in [-0.2, -0.15) is 0 Å². The molecule has 0 fully saturated rings. The van der Waals surface area contributed by atoms with Crippen LogP contribution in [0.15, 0.2) is 15.9 Å². The molecule has 0 amide bonds. The van der Waals surface area contributed by atoms with E-state index in [9.17, 15) is 14.4 Å². The van der Waals surface area contributed by atoms with Gasteiger partial charge in [-0.15, -0.1) is 0 Å². The van der Waals surface area contributed by atoms with Gasteiger partial charge in [0.15, 0.2) is 17.4 Å². The number of imidazole rings is 1. The third-order valence-corrected chi connectivity index (χ3v) is 3.75. The number of hydrogen-bond acceptors (Lipinski definition) is 5. The molecule has 0 aliphatic rings. The van der Waals surface area contributed by atoms with Gasteiger partial charge >= 0.3 is 11.7 Å². The molecule has 24 heavy (non-hydrogen) atoms. The minimum Gasteiger partial charge on any atom is -0.441 e. The Morgan fingerprint density at radius 2 is 1.96 bits per heavy atom. The van der Waals surface area contributed by atoms with Crippen LogP contribution >= 0.6 is 0 Å². The third kappa shape index (κ3) is 3.27. The van der Waals surface area contributed by atoms with E-state index in [0.717, 1.165) is 4.57 Å². The highest BCUT2D eigenvalue weighted by molar-refractivity contribution is 5.71. The Kier molecular flexibility index (Phi) is 5.26. The van der Waals surface area contributed by atoms with Crippen molar-refractivity contribution in [1.82, 2.24) is 18.7 Å². The predicted octanol–water partition coefficient (Wildman–Crippen LogP) is 1.41. The van der Waals surface area contributed by atoms with Gasteiger partial charge in [-0.3, -0.25) is 23.3 Å². The summed E-state index contributed by atoms with van der Waals surface area (Å²) in [6.45, 7) is 7.97. The molecule has 2 aromatic rings. The zero-order valence-corrected chi connectivity index (χ0v) is 14.8. The van der Waals surface area contributed by atoms with Crippen molar-refractivity contribution in [2.75, 3.05) is 0 Å². The molecule has 8 nitrogen and oxygen atoms in total. The zero-order valence-electron chi connectivity index (χ0n) is 14.8. The van der Waals surface area contributed by atoms with Crippen LogP contribution in [0.2, 0.25) is 0 Å². The average molecular weight is 336 g/mol. The quantitative estimate of drug-likeness (QED) is 0.744. The van der Waals surface area contributed by atoms with Crippen molar-refractivity contribution in [3.05, 3.63) is 27.2 Å². The van der Waals surface area contributed by atoms with Gasteiger partial charge in [0.1, 0.15) is 6.33 Å². The summed E-state index contributed by atoms with van der Waals surface area (Å²) in [5, 5.41) is 0. The highest BCUT2D eigenvalue weighted by Gasteiger charge is 2.20. The molecule has 0 aliphatic carbocycles. The standard InChI is InChI=1S/C16H24N4O4/c1-6-7-12(21)24-11(4)20-9-17-14-13(20)15(22)18(5)16(23)19(14)8-10(2)3/h9-11H,6-8H2,1-5H3. The maximum atomic E-state index is 12.5. The molecule has 8 heteroatoms. The summed E-state index contributed by atoms with van der Waals surface area (Å²) in [6.07, 6.45) is 1.76. The van der Waals surface area contributed by atoms with Gasteiger partial charge in [-0.25, -0.2) is 9.78 Å². The van der Waals surface area contributed by atoms with E-state index in [-0.39, 0.29) is 17.4 Å². The van der Waals surface area contributed by atoms with E-state index < -0.39 is 17.5 Å². The minimum absolute atomic E-state index is 0.216. The average Bonchev–Trinajstić information content (AvgIpc) is 2.94. The molecular formula is C16H24N4O4. The Hall–Kier alpha value is -2.38. The van der Waals surface area contributed by atoms with Crippen LogP contribution in [-0.2, 0) is 23.1 Å². The second kappa shape index (κ2) is 7.02. The summed E-state index contributed by atoms with van der Waals surface area (Å²) in [4.78, 5) is 40.8. The number of hydrogen-bond donors (Lipinski definition) is 0. The lowest BCUT2D eigenvalue weighted by atomic mass is 10.2. The molecule has 2 aromatic heterocycles. The van der Waals surface area contributed by atoms with E-state index >= 15 is 0 Å². The third-order valence-electron chi connectivity index (χ3n) is 3.75. The van der Waals surface area contributed by atoms with Gasteiger partial charge in [-0.1, -0.05) is 20.8 Å². The molecule has 0 aromatic carbocycles. The lowest BCUT2D eigenvalue weighted by Crippen LogP contribution is -2.39. The van der Waals surface area contributed by atoms with Gasteiger partial charge in [-0.05, 0) is 19.3 Å². The number of rotatable bonds is 6. The first kappa shape index (κ1) is 18.0. The Bertz CT molecular complexity index is 859. The van der Waals surface area contributed by atoms with Crippen LogP contribution in [0, 0.1) is 5.92 Å². The molecule has 2 heterocycles. The summed E-state index contributed by atoms with van der Waals surface area (Å²) in [7, 11) is 1.44. The molecule has 132 valence electrons. The number of nitrogens with zero attached hydrogens (tertiary/aromatic N) is 4. The number of carbonyl (C=O) groups is 1. The number of ether oxygens (including phenoxy) is 1. The van der Waals surface area contributed by atoms with E-state index in [4.69, 9.17) is 4.74 Å². The Labute approximate surface area is 139 Å². The number of fused-ring (bicyclic) bond motifs is 1. The van der Waals surface area contributed by atoms with Crippen molar-refractivity contribution in [3.63, 3.8) is 0 Å². The van der Waals surface area contributed by atoms with E-state index in [1.165, 1.54) is 22.5 Å². The largest absolute Gasteiger partial charge is 0.441 e. The monoisotopic (exact) mass is 336 g/mol. The fourth-order valence-corrected chi connectivity index (χ4v) is 2.59. The maximum absolute atomic E-state index is 12.5. The van der Waals surface area contributed by atoms with Crippen LogP contribution < -0.4 is 11.2 Å². The van der Waals surface area contributed by atoms with Crippen molar-refractivity contribution in [2.45, 2.75) is 53.3 Å². The van der Waals surface area contributed by atoms with Gasteiger partial charge in [0.05, 0.1) is 0 Å². The zero-order chi connectivity index (χ0) is 18.0. The number of esters is 1. The Morgan fingerprint density at radius 1 is 1.29 bits per heavy atom. The second-order valence-corrected chi connectivity index (χ2v) is 6.31. The Balaban J connectivity index is 2.59. The highest BCUT2D eigenvalue weighted by Crippen LogP contribution is 2.16. The molecule has 1 unspecified atom stereocenters. The lowest BCUT2D eigenvalue weighted by Gasteiger charge is -2.16. The van der Waals surface area contributed by atoms with Crippen LogP contribution in [0.5, 0.6) is 0 Å². The smallest absolute Gasteiger partial charge is 0.332 e. The molecule has 1 atom stereocenters. The minimum atomic E-state index is -0.674. The lowest BCUT2D eigenvalue weighted by molar-refractivity contribution is -0.152. The topological polar surface area (TPSA) is 88.1 Å². The van der Waals surface area contributed by atoms with Gasteiger partial charge in [0.25, 0.3) is 5.56 Å². The van der Waals surface area contributed by atoms with Gasteiger partial charge in [0.2, 0.25) is 0 Å². The molecule has 2 rings (SSSR count). The first-order valence-corrected chi connectivity index (χ1v) is 8.13. The van der Waals surface area contributed by atoms with Crippen molar-refractivity contribution in [3.8, 4) is 0 Å². The number of carbonyl (C=O) groups excluding carboxylic acids is 1. The SMILES string of the molecule is CCCC(=O)OC(C)n1cnc2c1c(=O)n(C)c(=O)n2CC(C)C. The van der Waals surface area contributed by atoms with Crippen molar-refractivity contribution in [2.24, 2.45) is 13.0 Å². The molecule has 0 saturated carbocycles. The van der Waals surface area contributed by atoms with E-state index in [1.807, 2.05) is 20.8 Å². The van der Waals surface area contributed by atoms with Crippen LogP contribution in [-0.4, -0.2) is 24.7 Å². The van der Waals surface area contributed by atoms with Gasteiger partial charge < -0.3 is 4.74 Å². The summed E-state index contributed by atoms with van der Waals surface area (Å²) in [6, 6.07) is 0. The number of aromatic nitrogens is 4. The summed E-state index contributed by atoms with van der Waals surface area (Å²) >= 11 is 0. The van der Waals surface area contributed by atoms with Crippen molar-refractivity contribution in [1.29, 1.82) is 0 Å². The van der Waals surface area contributed by atoms with Crippen molar-refractivity contribution >= 4 is 17.1 Å². The van der Waals surface area contributed by atoms with Crippen molar-refractivity contribution < 1.29 is 9.53 Å². The normalized spacial score (nSPS) is 12.8. The second-order valence-electron chi connectivity index (χ2n) is 6.31. The molecule has 0 N–H and O–H groups in total. The van der Waals surface area contributed by atoms with E-state index in [2.05, 4.69) is 4.98 Å². The van der Waals surface area contributed by atoms with E-state index in [0.29, 0.717) is 25.0 Å². The highest BCUT2D eigenvalue weighted by atomic mass is 16.6. The molecule has 0 saturated heterocycles. The first-order valence-electron chi connectivity index (χ1n) is 8.13.